The number of nitrogens with one attached hydrogen (secondary N) is 1. The van der Waals surface area contributed by atoms with E-state index in [4.69, 9.17) is 4.74 Å². The summed E-state index contributed by atoms with van der Waals surface area (Å²) in [5.41, 5.74) is -0.447. The average Bonchev–Trinajstić information content (AvgIpc) is 2.69. The third-order valence-electron chi connectivity index (χ3n) is 3.28. The Morgan fingerprint density at radius 3 is 2.61 bits per heavy atom. The van der Waals surface area contributed by atoms with Crippen molar-refractivity contribution in [3.05, 3.63) is 0 Å². The highest BCUT2D eigenvalue weighted by Crippen LogP contribution is 2.38. The first-order valence-electron chi connectivity index (χ1n) is 6.87. The highest BCUT2D eigenvalue weighted by Gasteiger charge is 2.46. The van der Waals surface area contributed by atoms with Crippen LogP contribution in [0.4, 0.5) is 0 Å². The van der Waals surface area contributed by atoms with Crippen LogP contribution in [-0.2, 0) is 9.53 Å². The average molecular weight is 273 g/mol. The van der Waals surface area contributed by atoms with Crippen LogP contribution >= 0.6 is 11.8 Å². The quantitative estimate of drug-likeness (QED) is 0.755. The second kappa shape index (κ2) is 6.80. The largest absolute Gasteiger partial charge is 0.468 e. The van der Waals surface area contributed by atoms with Crippen LogP contribution in [0.15, 0.2) is 0 Å². The van der Waals surface area contributed by atoms with Crippen molar-refractivity contribution in [2.24, 2.45) is 5.92 Å². The van der Waals surface area contributed by atoms with Crippen molar-refractivity contribution in [3.8, 4) is 0 Å². The van der Waals surface area contributed by atoms with Gasteiger partial charge in [-0.2, -0.15) is 11.8 Å². The maximum Gasteiger partial charge on any atom is 0.326 e. The summed E-state index contributed by atoms with van der Waals surface area (Å²) in [7, 11) is 1.49. The molecule has 4 heteroatoms. The fourth-order valence-electron chi connectivity index (χ4n) is 2.59. The molecule has 0 saturated heterocycles. The highest BCUT2D eigenvalue weighted by molar-refractivity contribution is 7.99. The molecule has 1 N–H and O–H groups in total. The van der Waals surface area contributed by atoms with Gasteiger partial charge >= 0.3 is 5.97 Å². The van der Waals surface area contributed by atoms with E-state index in [0.717, 1.165) is 19.3 Å². The fourth-order valence-corrected chi connectivity index (χ4v) is 3.94. The van der Waals surface area contributed by atoms with E-state index in [9.17, 15) is 4.79 Å². The van der Waals surface area contributed by atoms with Gasteiger partial charge in [0.05, 0.1) is 7.11 Å². The lowest BCUT2D eigenvalue weighted by Crippen LogP contribution is -2.53. The number of rotatable bonds is 6. The Labute approximate surface area is 115 Å². The van der Waals surface area contributed by atoms with Crippen molar-refractivity contribution in [2.45, 2.75) is 63.8 Å². The molecule has 1 aliphatic carbocycles. The number of hydrogen-bond donors (Lipinski definition) is 1. The third kappa shape index (κ3) is 4.16. The minimum absolute atomic E-state index is 0.0937. The second-order valence-electron chi connectivity index (χ2n) is 5.96. The minimum atomic E-state index is -0.447. The molecule has 0 aliphatic heterocycles. The van der Waals surface area contributed by atoms with Gasteiger partial charge in [0.15, 0.2) is 0 Å². The van der Waals surface area contributed by atoms with E-state index < -0.39 is 5.54 Å². The van der Waals surface area contributed by atoms with Gasteiger partial charge in [-0.05, 0) is 44.8 Å². The summed E-state index contributed by atoms with van der Waals surface area (Å²) in [5.74, 6) is 1.79. The topological polar surface area (TPSA) is 38.3 Å². The number of ether oxygens (including phenoxy) is 1. The number of thioether (sulfide) groups is 1. The molecule has 1 fully saturated rings. The second-order valence-corrected chi connectivity index (χ2v) is 7.30. The SMILES string of the molecule is COC(=O)C1(NC(C)C)CCC(SCC(C)C)C1. The molecule has 2 atom stereocenters. The Morgan fingerprint density at radius 1 is 1.44 bits per heavy atom. The van der Waals surface area contributed by atoms with Crippen LogP contribution in [-0.4, -0.2) is 35.7 Å². The Balaban J connectivity index is 2.62. The molecule has 18 heavy (non-hydrogen) atoms. The zero-order valence-electron chi connectivity index (χ0n) is 12.3. The van der Waals surface area contributed by atoms with E-state index in [1.165, 1.54) is 12.9 Å². The lowest BCUT2D eigenvalue weighted by atomic mass is 9.96. The van der Waals surface area contributed by atoms with Crippen LogP contribution in [0.1, 0.15) is 47.0 Å². The molecule has 1 rings (SSSR count). The first-order valence-corrected chi connectivity index (χ1v) is 7.92. The van der Waals surface area contributed by atoms with Gasteiger partial charge in [-0.15, -0.1) is 0 Å². The van der Waals surface area contributed by atoms with Crippen molar-refractivity contribution in [2.75, 3.05) is 12.9 Å². The predicted molar refractivity (Wildman–Crippen MR) is 78.0 cm³/mol. The summed E-state index contributed by atoms with van der Waals surface area (Å²) in [6.07, 6.45) is 2.90. The van der Waals surface area contributed by atoms with E-state index >= 15 is 0 Å². The predicted octanol–water partition coefficient (Wildman–Crippen LogP) is 2.84. The number of hydrogen-bond acceptors (Lipinski definition) is 4. The van der Waals surface area contributed by atoms with E-state index in [-0.39, 0.29) is 5.97 Å². The van der Waals surface area contributed by atoms with Gasteiger partial charge in [-0.1, -0.05) is 13.8 Å². The molecule has 1 aliphatic rings. The number of carbonyl (C=O) groups excluding carboxylic acids is 1. The van der Waals surface area contributed by atoms with Crippen molar-refractivity contribution >= 4 is 17.7 Å². The van der Waals surface area contributed by atoms with Crippen LogP contribution in [0.3, 0.4) is 0 Å². The third-order valence-corrected chi connectivity index (χ3v) is 5.01. The normalized spacial score (nSPS) is 28.1. The molecular formula is C14H27NO2S. The molecule has 0 spiro atoms. The summed E-state index contributed by atoms with van der Waals surface area (Å²) in [5, 5.41) is 4.02. The first kappa shape index (κ1) is 15.8. The molecular weight excluding hydrogens is 246 g/mol. The summed E-state index contributed by atoms with van der Waals surface area (Å²) < 4.78 is 5.00. The molecule has 106 valence electrons. The molecule has 1 saturated carbocycles. The summed E-state index contributed by atoms with van der Waals surface area (Å²) in [6, 6.07) is 0.304. The van der Waals surface area contributed by atoms with E-state index in [1.54, 1.807) is 0 Å². The van der Waals surface area contributed by atoms with E-state index in [0.29, 0.717) is 17.2 Å². The monoisotopic (exact) mass is 273 g/mol. The molecule has 0 aromatic rings. The first-order chi connectivity index (χ1) is 8.39. The molecule has 0 heterocycles. The van der Waals surface area contributed by atoms with Crippen molar-refractivity contribution in [1.82, 2.24) is 5.32 Å². The Morgan fingerprint density at radius 2 is 2.11 bits per heavy atom. The smallest absolute Gasteiger partial charge is 0.326 e. The Bertz CT molecular complexity index is 281. The summed E-state index contributed by atoms with van der Waals surface area (Å²) in [6.45, 7) is 8.64. The molecule has 0 bridgehead atoms. The maximum atomic E-state index is 12.1. The van der Waals surface area contributed by atoms with Gasteiger partial charge in [0.1, 0.15) is 5.54 Å². The van der Waals surface area contributed by atoms with E-state index in [2.05, 4.69) is 33.0 Å². The zero-order valence-corrected chi connectivity index (χ0v) is 13.1. The zero-order chi connectivity index (χ0) is 13.8. The van der Waals surface area contributed by atoms with Gasteiger partial charge in [-0.3, -0.25) is 10.1 Å². The van der Waals surface area contributed by atoms with Gasteiger partial charge in [-0.25, -0.2) is 0 Å². The van der Waals surface area contributed by atoms with Crippen LogP contribution in [0.5, 0.6) is 0 Å². The van der Waals surface area contributed by atoms with Crippen LogP contribution in [0.25, 0.3) is 0 Å². The van der Waals surface area contributed by atoms with Gasteiger partial charge in [0.2, 0.25) is 0 Å². The summed E-state index contributed by atoms with van der Waals surface area (Å²) >= 11 is 2.00. The van der Waals surface area contributed by atoms with Crippen molar-refractivity contribution in [1.29, 1.82) is 0 Å². The lowest BCUT2D eigenvalue weighted by molar-refractivity contribution is -0.148. The standard InChI is InChI=1S/C14H27NO2S/c1-10(2)9-18-12-6-7-14(8-12,13(16)17-5)15-11(3)4/h10-12,15H,6-9H2,1-5H3. The van der Waals surface area contributed by atoms with Crippen molar-refractivity contribution < 1.29 is 9.53 Å². The maximum absolute atomic E-state index is 12.1. The number of methoxy groups -OCH3 is 1. The molecule has 0 radical (unpaired) electrons. The van der Waals surface area contributed by atoms with E-state index in [1.807, 2.05) is 11.8 Å². The van der Waals surface area contributed by atoms with Crippen molar-refractivity contribution in [3.63, 3.8) is 0 Å². The van der Waals surface area contributed by atoms with Gasteiger partial charge < -0.3 is 4.74 Å². The fraction of sp³-hybridized carbons (Fsp3) is 0.929. The number of carbonyl (C=O) groups is 1. The molecule has 3 nitrogen and oxygen atoms in total. The van der Waals surface area contributed by atoms with Crippen LogP contribution in [0, 0.1) is 5.92 Å². The van der Waals surface area contributed by atoms with Gasteiger partial charge in [0.25, 0.3) is 0 Å². The lowest BCUT2D eigenvalue weighted by Gasteiger charge is -2.30. The highest BCUT2D eigenvalue weighted by atomic mass is 32.2. The van der Waals surface area contributed by atoms with Gasteiger partial charge in [0, 0.05) is 11.3 Å². The Kier molecular flexibility index (Phi) is 5.99. The molecule has 0 amide bonds. The molecule has 0 aromatic carbocycles. The molecule has 0 aromatic heterocycles. The molecule has 2 unspecified atom stereocenters. The minimum Gasteiger partial charge on any atom is -0.468 e. The summed E-state index contributed by atoms with van der Waals surface area (Å²) in [4.78, 5) is 12.1. The number of esters is 1. The van der Waals surface area contributed by atoms with Crippen LogP contribution < -0.4 is 5.32 Å². The van der Waals surface area contributed by atoms with Crippen LogP contribution in [0.2, 0.25) is 0 Å². The Hall–Kier alpha value is -0.220.